The molecule has 1 N–H and O–H groups in total. The fourth-order valence-electron chi connectivity index (χ4n) is 1.83. The Balaban J connectivity index is 1.90. The standard InChI is InChI=1S/C13H13NO/c1-2-4-10(5-3-1)12-6-7-13(15-12)11-8-9-14-11/h1-7,11,14H,8-9H2/t11-/m1/s1. The fourth-order valence-corrected chi connectivity index (χ4v) is 1.83. The van der Waals surface area contributed by atoms with Crippen LogP contribution in [0.15, 0.2) is 46.9 Å². The highest BCUT2D eigenvalue weighted by Gasteiger charge is 2.21. The lowest BCUT2D eigenvalue weighted by molar-refractivity contribution is 0.322. The summed E-state index contributed by atoms with van der Waals surface area (Å²) in [6.45, 7) is 1.10. The van der Waals surface area contributed by atoms with Crippen LogP contribution in [0.4, 0.5) is 0 Å². The van der Waals surface area contributed by atoms with Gasteiger partial charge in [0.15, 0.2) is 0 Å². The minimum Gasteiger partial charge on any atom is -0.459 e. The molecule has 0 amide bonds. The molecule has 76 valence electrons. The van der Waals surface area contributed by atoms with Gasteiger partial charge in [0.25, 0.3) is 0 Å². The van der Waals surface area contributed by atoms with E-state index in [4.69, 9.17) is 4.42 Å². The highest BCUT2D eigenvalue weighted by atomic mass is 16.3. The lowest BCUT2D eigenvalue weighted by atomic mass is 10.1. The topological polar surface area (TPSA) is 25.2 Å². The lowest BCUT2D eigenvalue weighted by Gasteiger charge is -2.25. The van der Waals surface area contributed by atoms with Gasteiger partial charge in [-0.2, -0.15) is 0 Å². The Morgan fingerprint density at radius 1 is 1.07 bits per heavy atom. The molecule has 1 atom stereocenters. The molecule has 0 unspecified atom stereocenters. The Labute approximate surface area is 88.9 Å². The van der Waals surface area contributed by atoms with Crippen LogP contribution in [-0.2, 0) is 0 Å². The van der Waals surface area contributed by atoms with Crippen molar-refractivity contribution in [3.8, 4) is 11.3 Å². The first-order valence-corrected chi connectivity index (χ1v) is 5.32. The van der Waals surface area contributed by atoms with E-state index in [1.54, 1.807) is 0 Å². The molecule has 2 heterocycles. The summed E-state index contributed by atoms with van der Waals surface area (Å²) in [7, 11) is 0. The Hall–Kier alpha value is -1.54. The van der Waals surface area contributed by atoms with Crippen molar-refractivity contribution in [3.05, 3.63) is 48.2 Å². The molecule has 2 heteroatoms. The van der Waals surface area contributed by atoms with Gasteiger partial charge in [-0.15, -0.1) is 0 Å². The molecule has 1 aromatic heterocycles. The van der Waals surface area contributed by atoms with Crippen LogP contribution in [0.2, 0.25) is 0 Å². The summed E-state index contributed by atoms with van der Waals surface area (Å²) in [4.78, 5) is 0. The smallest absolute Gasteiger partial charge is 0.134 e. The van der Waals surface area contributed by atoms with Gasteiger partial charge in [-0.05, 0) is 25.1 Å². The molecular formula is C13H13NO. The van der Waals surface area contributed by atoms with Crippen LogP contribution in [0.5, 0.6) is 0 Å². The van der Waals surface area contributed by atoms with Gasteiger partial charge in [0.1, 0.15) is 11.5 Å². The summed E-state index contributed by atoms with van der Waals surface area (Å²) in [5.41, 5.74) is 1.14. The Morgan fingerprint density at radius 2 is 1.87 bits per heavy atom. The van der Waals surface area contributed by atoms with Crippen LogP contribution < -0.4 is 5.32 Å². The van der Waals surface area contributed by atoms with E-state index in [1.165, 1.54) is 6.42 Å². The summed E-state index contributed by atoms with van der Waals surface area (Å²) in [5, 5.41) is 3.33. The average molecular weight is 199 g/mol. The van der Waals surface area contributed by atoms with Gasteiger partial charge in [-0.3, -0.25) is 0 Å². The van der Waals surface area contributed by atoms with Crippen LogP contribution in [0, 0.1) is 0 Å². The first kappa shape index (κ1) is 8.74. The van der Waals surface area contributed by atoms with Crippen LogP contribution in [0.1, 0.15) is 18.2 Å². The van der Waals surface area contributed by atoms with Gasteiger partial charge >= 0.3 is 0 Å². The summed E-state index contributed by atoms with van der Waals surface area (Å²) >= 11 is 0. The number of nitrogens with one attached hydrogen (secondary N) is 1. The van der Waals surface area contributed by atoms with Crippen LogP contribution in [0.3, 0.4) is 0 Å². The third-order valence-electron chi connectivity index (χ3n) is 2.85. The number of furan rings is 1. The SMILES string of the molecule is c1ccc(-c2ccc([C@H]3CCN3)o2)cc1. The van der Waals surface area contributed by atoms with Crippen LogP contribution in [0.25, 0.3) is 11.3 Å². The third kappa shape index (κ3) is 1.57. The fraction of sp³-hybridized carbons (Fsp3) is 0.231. The normalized spacial score (nSPS) is 19.9. The Bertz CT molecular complexity index is 443. The maximum atomic E-state index is 5.81. The average Bonchev–Trinajstić information content (AvgIpc) is 2.66. The van der Waals surface area contributed by atoms with Crippen LogP contribution >= 0.6 is 0 Å². The summed E-state index contributed by atoms with van der Waals surface area (Å²) in [6, 6.07) is 14.7. The quantitative estimate of drug-likeness (QED) is 0.804. The van der Waals surface area contributed by atoms with Crippen molar-refractivity contribution in [1.29, 1.82) is 0 Å². The molecule has 0 bridgehead atoms. The molecule has 1 aromatic carbocycles. The summed E-state index contributed by atoms with van der Waals surface area (Å²) < 4.78 is 5.81. The van der Waals surface area contributed by atoms with Gasteiger partial charge in [0.05, 0.1) is 6.04 Å². The van der Waals surface area contributed by atoms with E-state index in [0.717, 1.165) is 23.6 Å². The van der Waals surface area contributed by atoms with Crippen molar-refractivity contribution < 1.29 is 4.42 Å². The third-order valence-corrected chi connectivity index (χ3v) is 2.85. The number of hydrogen-bond acceptors (Lipinski definition) is 2. The van der Waals surface area contributed by atoms with E-state index < -0.39 is 0 Å². The Kier molecular flexibility index (Phi) is 2.07. The molecule has 15 heavy (non-hydrogen) atoms. The van der Waals surface area contributed by atoms with Gasteiger partial charge < -0.3 is 9.73 Å². The minimum absolute atomic E-state index is 0.433. The van der Waals surface area contributed by atoms with E-state index in [0.29, 0.717) is 6.04 Å². The van der Waals surface area contributed by atoms with E-state index in [2.05, 4.69) is 23.5 Å². The van der Waals surface area contributed by atoms with Crippen molar-refractivity contribution in [2.24, 2.45) is 0 Å². The first-order valence-electron chi connectivity index (χ1n) is 5.32. The second-order valence-electron chi connectivity index (χ2n) is 3.86. The second-order valence-corrected chi connectivity index (χ2v) is 3.86. The zero-order valence-electron chi connectivity index (χ0n) is 8.44. The molecule has 1 fully saturated rings. The summed E-state index contributed by atoms with van der Waals surface area (Å²) in [6.07, 6.45) is 1.18. The second kappa shape index (κ2) is 3.55. The molecule has 1 aliphatic heterocycles. The van der Waals surface area contributed by atoms with E-state index >= 15 is 0 Å². The number of hydrogen-bond donors (Lipinski definition) is 1. The predicted octanol–water partition coefficient (Wildman–Crippen LogP) is 2.98. The molecule has 3 rings (SSSR count). The van der Waals surface area contributed by atoms with Crippen molar-refractivity contribution >= 4 is 0 Å². The lowest BCUT2D eigenvalue weighted by Crippen LogP contribution is -2.34. The summed E-state index contributed by atoms with van der Waals surface area (Å²) in [5.74, 6) is 2.01. The number of benzene rings is 1. The molecular weight excluding hydrogens is 186 g/mol. The molecule has 1 aliphatic rings. The zero-order chi connectivity index (χ0) is 10.1. The Morgan fingerprint density at radius 3 is 2.53 bits per heavy atom. The maximum Gasteiger partial charge on any atom is 0.134 e. The van der Waals surface area contributed by atoms with Gasteiger partial charge in [0, 0.05) is 5.56 Å². The van der Waals surface area contributed by atoms with Gasteiger partial charge in [-0.25, -0.2) is 0 Å². The molecule has 1 saturated heterocycles. The zero-order valence-corrected chi connectivity index (χ0v) is 8.44. The van der Waals surface area contributed by atoms with Gasteiger partial charge in [0.2, 0.25) is 0 Å². The van der Waals surface area contributed by atoms with E-state index in [-0.39, 0.29) is 0 Å². The number of rotatable bonds is 2. The monoisotopic (exact) mass is 199 g/mol. The molecule has 0 radical (unpaired) electrons. The van der Waals surface area contributed by atoms with Gasteiger partial charge in [-0.1, -0.05) is 30.3 Å². The first-order chi connectivity index (χ1) is 7.43. The van der Waals surface area contributed by atoms with Crippen LogP contribution in [-0.4, -0.2) is 6.54 Å². The molecule has 2 nitrogen and oxygen atoms in total. The largest absolute Gasteiger partial charge is 0.459 e. The molecule has 0 spiro atoms. The minimum atomic E-state index is 0.433. The van der Waals surface area contributed by atoms with Crippen molar-refractivity contribution in [2.75, 3.05) is 6.54 Å². The highest BCUT2D eigenvalue weighted by molar-refractivity contribution is 5.57. The predicted molar refractivity (Wildman–Crippen MR) is 59.5 cm³/mol. The molecule has 0 aliphatic carbocycles. The van der Waals surface area contributed by atoms with E-state index in [9.17, 15) is 0 Å². The van der Waals surface area contributed by atoms with E-state index in [1.807, 2.05) is 24.3 Å². The highest BCUT2D eigenvalue weighted by Crippen LogP contribution is 2.29. The molecule has 0 saturated carbocycles. The molecule has 2 aromatic rings. The van der Waals surface area contributed by atoms with Crippen molar-refractivity contribution in [3.63, 3.8) is 0 Å². The van der Waals surface area contributed by atoms with Crippen molar-refractivity contribution in [1.82, 2.24) is 5.32 Å². The maximum absolute atomic E-state index is 5.81. The van der Waals surface area contributed by atoms with Crippen molar-refractivity contribution in [2.45, 2.75) is 12.5 Å².